The summed E-state index contributed by atoms with van der Waals surface area (Å²) in [6, 6.07) is 24.3. The summed E-state index contributed by atoms with van der Waals surface area (Å²) in [5.74, 6) is 0.825. The van der Waals surface area contributed by atoms with Gasteiger partial charge in [0.05, 0.1) is 0 Å². The van der Waals surface area contributed by atoms with Crippen LogP contribution in [0.3, 0.4) is 0 Å². The van der Waals surface area contributed by atoms with Gasteiger partial charge >= 0.3 is 0 Å². The van der Waals surface area contributed by atoms with Crippen molar-refractivity contribution in [3.63, 3.8) is 0 Å². The standard InChI is InChI=1S/C30H33N3O2.3CH4.H2S/c1-21-15-28-29(31-21)11-6-12-30(28)35-20-27(34)19-32-17-26-10-5-4-9-25(32)18-33(26)24-14-13-22-7-2-3-8-23(22)16-24;;;;/h2-8,11-16,25-27,31,34H,9-10,17-20H2,1H3;3*1H4;1H2/b5-4-;;;;/t25-,26-,27+;;;;/m1..../s1. The van der Waals surface area contributed by atoms with E-state index in [-0.39, 0.29) is 35.8 Å². The lowest BCUT2D eigenvalue weighted by Gasteiger charge is -2.48. The summed E-state index contributed by atoms with van der Waals surface area (Å²) in [7, 11) is 0. The van der Waals surface area contributed by atoms with Crippen LogP contribution in [-0.2, 0) is 0 Å². The predicted octanol–water partition coefficient (Wildman–Crippen LogP) is 7.30. The Morgan fingerprint density at radius 1 is 0.897 bits per heavy atom. The fourth-order valence-corrected chi connectivity index (χ4v) is 5.74. The number of nitrogens with zero attached hydrogens (tertiary/aromatic N) is 2. The number of ether oxygens (including phenoxy) is 1. The molecule has 7 rings (SSSR count). The molecule has 1 fully saturated rings. The third kappa shape index (κ3) is 6.81. The lowest BCUT2D eigenvalue weighted by molar-refractivity contribution is 0.0409. The molecule has 39 heavy (non-hydrogen) atoms. The van der Waals surface area contributed by atoms with E-state index in [1.165, 1.54) is 16.5 Å². The number of aliphatic hydroxyl groups excluding tert-OH is 1. The molecule has 0 radical (unpaired) electrons. The number of aromatic amines is 1. The Balaban J connectivity index is 0.00000133. The van der Waals surface area contributed by atoms with Crippen LogP contribution in [-0.4, -0.2) is 59.4 Å². The van der Waals surface area contributed by atoms with E-state index in [0.717, 1.165) is 48.3 Å². The highest BCUT2D eigenvalue weighted by Gasteiger charge is 2.35. The maximum absolute atomic E-state index is 10.9. The molecule has 4 aromatic rings. The van der Waals surface area contributed by atoms with Crippen LogP contribution in [0.25, 0.3) is 21.7 Å². The second-order valence-corrected chi connectivity index (χ2v) is 10.0. The molecule has 0 unspecified atom stereocenters. The van der Waals surface area contributed by atoms with E-state index in [9.17, 15) is 5.11 Å². The number of aliphatic hydroxyl groups is 1. The molecule has 2 N–H and O–H groups in total. The van der Waals surface area contributed by atoms with Gasteiger partial charge in [-0.1, -0.05) is 70.8 Å². The third-order valence-electron chi connectivity index (χ3n) is 7.49. The Hall–Kier alpha value is -2.93. The lowest BCUT2D eigenvalue weighted by Crippen LogP contribution is -2.60. The number of aryl methyl sites for hydroxylation is 1. The van der Waals surface area contributed by atoms with Gasteiger partial charge in [0, 0.05) is 54.0 Å². The Morgan fingerprint density at radius 2 is 1.64 bits per heavy atom. The van der Waals surface area contributed by atoms with Crippen molar-refractivity contribution in [3.05, 3.63) is 84.6 Å². The minimum Gasteiger partial charge on any atom is -0.490 e. The van der Waals surface area contributed by atoms with Crippen LogP contribution in [0.4, 0.5) is 5.69 Å². The summed E-state index contributed by atoms with van der Waals surface area (Å²) >= 11 is 0. The van der Waals surface area contributed by atoms with E-state index >= 15 is 0 Å². The molecule has 0 spiro atoms. The van der Waals surface area contributed by atoms with Gasteiger partial charge in [0.25, 0.3) is 0 Å². The highest BCUT2D eigenvalue weighted by molar-refractivity contribution is 7.59. The minimum atomic E-state index is -0.538. The van der Waals surface area contributed by atoms with Crippen molar-refractivity contribution < 1.29 is 9.84 Å². The number of hydrogen-bond donors (Lipinski definition) is 2. The number of nitrogens with one attached hydrogen (secondary N) is 1. The highest BCUT2D eigenvalue weighted by atomic mass is 32.1. The first-order chi connectivity index (χ1) is 17.1. The van der Waals surface area contributed by atoms with Crippen molar-refractivity contribution >= 4 is 40.9 Å². The Labute approximate surface area is 241 Å². The number of benzene rings is 3. The van der Waals surface area contributed by atoms with Gasteiger partial charge in [-0.15, -0.1) is 0 Å². The van der Waals surface area contributed by atoms with Crippen LogP contribution in [0.2, 0.25) is 0 Å². The van der Waals surface area contributed by atoms with Gasteiger partial charge in [-0.2, -0.15) is 13.5 Å². The van der Waals surface area contributed by atoms with E-state index in [4.69, 9.17) is 4.74 Å². The van der Waals surface area contributed by atoms with Crippen LogP contribution in [0.5, 0.6) is 5.75 Å². The molecule has 212 valence electrons. The first-order valence-corrected chi connectivity index (χ1v) is 12.7. The Bertz CT molecular complexity index is 1370. The van der Waals surface area contributed by atoms with Gasteiger partial charge in [-0.3, -0.25) is 4.90 Å². The molecular formula is C33H47N3O2S. The zero-order valence-corrected chi connectivity index (χ0v) is 21.7. The summed E-state index contributed by atoms with van der Waals surface area (Å²) in [4.78, 5) is 8.40. The molecule has 4 heterocycles. The number of aromatic nitrogens is 1. The van der Waals surface area contributed by atoms with E-state index < -0.39 is 6.10 Å². The lowest BCUT2D eigenvalue weighted by atomic mass is 9.96. The molecule has 3 aromatic carbocycles. The van der Waals surface area contributed by atoms with Gasteiger partial charge < -0.3 is 19.7 Å². The third-order valence-corrected chi connectivity index (χ3v) is 7.49. The summed E-state index contributed by atoms with van der Waals surface area (Å²) < 4.78 is 6.08. The largest absolute Gasteiger partial charge is 0.490 e. The van der Waals surface area contributed by atoms with Crippen molar-refractivity contribution in [3.8, 4) is 5.75 Å². The number of piperazine rings is 1. The monoisotopic (exact) mass is 549 g/mol. The molecule has 2 bridgehead atoms. The van der Waals surface area contributed by atoms with Gasteiger partial charge in [-0.25, -0.2) is 0 Å². The number of fused-ring (bicyclic) bond motifs is 6. The first kappa shape index (κ1) is 32.3. The molecule has 1 saturated heterocycles. The van der Waals surface area contributed by atoms with Gasteiger partial charge in [-0.05, 0) is 60.9 Å². The quantitative estimate of drug-likeness (QED) is 0.248. The van der Waals surface area contributed by atoms with Crippen LogP contribution in [0.15, 0.2) is 78.9 Å². The van der Waals surface area contributed by atoms with Crippen LogP contribution in [0.1, 0.15) is 40.8 Å². The predicted molar refractivity (Wildman–Crippen MR) is 174 cm³/mol. The number of hydrogen-bond acceptors (Lipinski definition) is 4. The molecule has 0 amide bonds. The van der Waals surface area contributed by atoms with Crippen LogP contribution in [0, 0.1) is 6.92 Å². The Kier molecular flexibility index (Phi) is 11.5. The average molecular weight is 550 g/mol. The normalized spacial score (nSPS) is 20.0. The van der Waals surface area contributed by atoms with E-state index in [2.05, 4.69) is 81.5 Å². The van der Waals surface area contributed by atoms with Crippen molar-refractivity contribution in [1.29, 1.82) is 0 Å². The molecule has 3 aliphatic rings. The number of rotatable bonds is 6. The van der Waals surface area contributed by atoms with Gasteiger partial charge in [0.15, 0.2) is 0 Å². The highest BCUT2D eigenvalue weighted by Crippen LogP contribution is 2.31. The average Bonchev–Trinajstić information content (AvgIpc) is 3.24. The molecule has 1 aromatic heterocycles. The van der Waals surface area contributed by atoms with E-state index in [0.29, 0.717) is 25.2 Å². The molecule has 6 heteroatoms. The van der Waals surface area contributed by atoms with Crippen molar-refractivity contribution in [2.75, 3.05) is 31.1 Å². The molecular weight excluding hydrogens is 502 g/mol. The SMILES string of the molecule is C.C.C.Cc1cc2c(OC[C@@H](O)CN3C[C@H]4C/C=C\C[C@@H]3CN4c3ccc4ccccc4c3)cccc2[nH]1.S. The zero-order valence-electron chi connectivity index (χ0n) is 20.7. The molecule has 3 atom stereocenters. The summed E-state index contributed by atoms with van der Waals surface area (Å²) in [5.41, 5.74) is 3.47. The van der Waals surface area contributed by atoms with E-state index in [1.54, 1.807) is 0 Å². The fraction of sp³-hybridized carbons (Fsp3) is 0.394. The Morgan fingerprint density at radius 3 is 2.44 bits per heavy atom. The first-order valence-electron chi connectivity index (χ1n) is 12.7. The van der Waals surface area contributed by atoms with Crippen molar-refractivity contribution in [1.82, 2.24) is 9.88 Å². The topological polar surface area (TPSA) is 51.7 Å². The van der Waals surface area contributed by atoms with Crippen molar-refractivity contribution in [2.24, 2.45) is 0 Å². The smallest absolute Gasteiger partial charge is 0.128 e. The molecule has 0 saturated carbocycles. The van der Waals surface area contributed by atoms with Gasteiger partial charge in [0.2, 0.25) is 0 Å². The second-order valence-electron chi connectivity index (χ2n) is 10.0. The summed E-state index contributed by atoms with van der Waals surface area (Å²) in [6.45, 7) is 4.89. The second kappa shape index (κ2) is 13.9. The maximum atomic E-state index is 10.9. The number of anilines is 1. The summed E-state index contributed by atoms with van der Waals surface area (Å²) in [5, 5.41) is 14.6. The summed E-state index contributed by atoms with van der Waals surface area (Å²) in [6.07, 6.45) is 6.15. The maximum Gasteiger partial charge on any atom is 0.128 e. The molecule has 0 aliphatic carbocycles. The van der Waals surface area contributed by atoms with Crippen LogP contribution < -0.4 is 9.64 Å². The minimum absolute atomic E-state index is 0. The molecule has 3 aliphatic heterocycles. The number of H-pyrrole nitrogens is 1. The van der Waals surface area contributed by atoms with Crippen molar-refractivity contribution in [2.45, 2.75) is 60.2 Å². The fourth-order valence-electron chi connectivity index (χ4n) is 5.74. The van der Waals surface area contributed by atoms with Gasteiger partial charge in [0.1, 0.15) is 18.5 Å². The molecule has 5 nitrogen and oxygen atoms in total. The van der Waals surface area contributed by atoms with E-state index in [1.807, 2.05) is 19.1 Å². The van der Waals surface area contributed by atoms with Crippen LogP contribution >= 0.6 is 13.5 Å². The zero-order chi connectivity index (χ0) is 23.8.